The Hall–Kier alpha value is -2.01. The maximum Gasteiger partial charge on any atom is 0.0959 e. The molecule has 0 spiro atoms. The van der Waals surface area contributed by atoms with E-state index in [-0.39, 0.29) is 0 Å². The molecule has 0 saturated carbocycles. The molecule has 0 fully saturated rings. The van der Waals surface area contributed by atoms with Crippen LogP contribution in [0.2, 0.25) is 0 Å². The third-order valence-electron chi connectivity index (χ3n) is 4.70. The van der Waals surface area contributed by atoms with E-state index in [1.165, 1.54) is 22.5 Å². The molecule has 5 heteroatoms. The average molecular weight is 355 g/mol. The number of rotatable bonds is 7. The van der Waals surface area contributed by atoms with Crippen molar-refractivity contribution in [1.82, 2.24) is 19.3 Å². The van der Waals surface area contributed by atoms with Gasteiger partial charge in [-0.05, 0) is 39.2 Å². The summed E-state index contributed by atoms with van der Waals surface area (Å²) in [5.74, 6) is 1.09. The van der Waals surface area contributed by atoms with Crippen LogP contribution in [0.15, 0.2) is 36.7 Å². The van der Waals surface area contributed by atoms with Gasteiger partial charge >= 0.3 is 0 Å². The Bertz CT molecular complexity index is 833. The van der Waals surface area contributed by atoms with Gasteiger partial charge in [0.1, 0.15) is 0 Å². The van der Waals surface area contributed by atoms with E-state index < -0.39 is 0 Å². The van der Waals surface area contributed by atoms with Crippen LogP contribution < -0.4 is 0 Å². The number of thioether (sulfide) groups is 1. The number of imidazole rings is 1. The van der Waals surface area contributed by atoms with E-state index in [9.17, 15) is 0 Å². The summed E-state index contributed by atoms with van der Waals surface area (Å²) in [7, 11) is 0. The van der Waals surface area contributed by atoms with Crippen LogP contribution in [0.1, 0.15) is 29.6 Å². The molecule has 4 nitrogen and oxygen atoms in total. The fraction of sp³-hybridized carbons (Fsp3) is 0.400. The predicted molar refractivity (Wildman–Crippen MR) is 106 cm³/mol. The van der Waals surface area contributed by atoms with Gasteiger partial charge in [-0.25, -0.2) is 4.98 Å². The zero-order valence-corrected chi connectivity index (χ0v) is 16.3. The summed E-state index contributed by atoms with van der Waals surface area (Å²) in [6.07, 6.45) is 5.16. The first-order valence-corrected chi connectivity index (χ1v) is 10.2. The van der Waals surface area contributed by atoms with E-state index in [2.05, 4.69) is 65.6 Å². The van der Waals surface area contributed by atoms with Crippen LogP contribution in [0.3, 0.4) is 0 Å². The van der Waals surface area contributed by atoms with Gasteiger partial charge in [-0.2, -0.15) is 16.9 Å². The molecule has 0 amide bonds. The summed E-state index contributed by atoms with van der Waals surface area (Å²) in [5.41, 5.74) is 7.28. The highest BCUT2D eigenvalue weighted by Gasteiger charge is 2.16. The first-order valence-electron chi connectivity index (χ1n) is 8.77. The summed E-state index contributed by atoms with van der Waals surface area (Å²) in [4.78, 5) is 4.75. The van der Waals surface area contributed by atoms with E-state index in [1.807, 2.05) is 24.2 Å². The zero-order chi connectivity index (χ0) is 17.8. The zero-order valence-electron chi connectivity index (χ0n) is 15.5. The topological polar surface area (TPSA) is 35.6 Å². The molecular formula is C20H26N4S. The van der Waals surface area contributed by atoms with E-state index in [1.54, 1.807) is 0 Å². The third-order valence-corrected chi connectivity index (χ3v) is 5.31. The molecule has 0 N–H and O–H groups in total. The first kappa shape index (κ1) is 17.8. The molecule has 0 radical (unpaired) electrons. The van der Waals surface area contributed by atoms with Crippen molar-refractivity contribution in [3.8, 4) is 11.3 Å². The monoisotopic (exact) mass is 354 g/mol. The lowest BCUT2D eigenvalue weighted by Crippen LogP contribution is -2.07. The van der Waals surface area contributed by atoms with E-state index in [0.29, 0.717) is 0 Å². The van der Waals surface area contributed by atoms with Gasteiger partial charge in [0.2, 0.25) is 0 Å². The Morgan fingerprint density at radius 3 is 2.52 bits per heavy atom. The maximum atomic E-state index is 4.75. The first-order chi connectivity index (χ1) is 12.2. The van der Waals surface area contributed by atoms with Crippen molar-refractivity contribution in [1.29, 1.82) is 0 Å². The molecule has 0 bridgehead atoms. The Morgan fingerprint density at radius 2 is 1.88 bits per heavy atom. The van der Waals surface area contributed by atoms with Gasteiger partial charge in [0.05, 0.1) is 24.3 Å². The molecule has 0 aliphatic rings. The minimum absolute atomic E-state index is 0.835. The SMILES string of the molecule is CCn1nc(C)c(Cn2cnc(-c3ccccc3)c2CCSC)c1C. The Morgan fingerprint density at radius 1 is 1.12 bits per heavy atom. The van der Waals surface area contributed by atoms with Crippen molar-refractivity contribution in [2.75, 3.05) is 12.0 Å². The number of hydrogen-bond acceptors (Lipinski definition) is 3. The van der Waals surface area contributed by atoms with Crippen LogP contribution in [0.5, 0.6) is 0 Å². The van der Waals surface area contributed by atoms with Gasteiger partial charge in [0, 0.05) is 29.1 Å². The van der Waals surface area contributed by atoms with Crippen LogP contribution >= 0.6 is 11.8 Å². The predicted octanol–water partition coefficient (Wildman–Crippen LogP) is 4.34. The summed E-state index contributed by atoms with van der Waals surface area (Å²) in [5, 5.41) is 4.66. The highest BCUT2D eigenvalue weighted by Crippen LogP contribution is 2.25. The fourth-order valence-electron chi connectivity index (χ4n) is 3.28. The van der Waals surface area contributed by atoms with Crippen molar-refractivity contribution in [2.45, 2.75) is 40.3 Å². The molecule has 0 saturated heterocycles. The smallest absolute Gasteiger partial charge is 0.0959 e. The second kappa shape index (κ2) is 7.91. The van der Waals surface area contributed by atoms with Crippen molar-refractivity contribution < 1.29 is 0 Å². The number of hydrogen-bond donors (Lipinski definition) is 0. The summed E-state index contributed by atoms with van der Waals surface area (Å²) >= 11 is 1.88. The van der Waals surface area contributed by atoms with E-state index in [0.717, 1.165) is 36.7 Å². The van der Waals surface area contributed by atoms with Crippen LogP contribution in [-0.2, 0) is 19.5 Å². The second-order valence-corrected chi connectivity index (χ2v) is 7.23. The van der Waals surface area contributed by atoms with Gasteiger partial charge in [0.25, 0.3) is 0 Å². The van der Waals surface area contributed by atoms with Crippen molar-refractivity contribution in [2.24, 2.45) is 0 Å². The molecule has 3 rings (SSSR count). The lowest BCUT2D eigenvalue weighted by Gasteiger charge is -2.11. The highest BCUT2D eigenvalue weighted by atomic mass is 32.2. The van der Waals surface area contributed by atoms with Gasteiger partial charge in [-0.1, -0.05) is 30.3 Å². The average Bonchev–Trinajstić information content (AvgIpc) is 3.16. The third kappa shape index (κ3) is 3.66. The quantitative estimate of drug-likeness (QED) is 0.633. The summed E-state index contributed by atoms with van der Waals surface area (Å²) in [6, 6.07) is 10.5. The van der Waals surface area contributed by atoms with Crippen LogP contribution in [-0.4, -0.2) is 31.3 Å². The fourth-order valence-corrected chi connectivity index (χ4v) is 3.68. The molecule has 2 aromatic heterocycles. The largest absolute Gasteiger partial charge is 0.329 e. The lowest BCUT2D eigenvalue weighted by atomic mass is 10.1. The second-order valence-electron chi connectivity index (χ2n) is 6.24. The van der Waals surface area contributed by atoms with Gasteiger partial charge in [-0.15, -0.1) is 0 Å². The minimum Gasteiger partial charge on any atom is -0.329 e. The molecule has 0 atom stereocenters. The van der Waals surface area contributed by atoms with Gasteiger partial charge in [-0.3, -0.25) is 4.68 Å². The molecule has 1 aromatic carbocycles. The normalized spacial score (nSPS) is 11.2. The Balaban J connectivity index is 1.99. The molecule has 132 valence electrons. The van der Waals surface area contributed by atoms with Crippen LogP contribution in [0.25, 0.3) is 11.3 Å². The van der Waals surface area contributed by atoms with E-state index in [4.69, 9.17) is 4.98 Å². The minimum atomic E-state index is 0.835. The number of benzene rings is 1. The number of aryl methyl sites for hydroxylation is 2. The molecule has 2 heterocycles. The molecule has 3 aromatic rings. The highest BCUT2D eigenvalue weighted by molar-refractivity contribution is 7.98. The molecule has 25 heavy (non-hydrogen) atoms. The van der Waals surface area contributed by atoms with E-state index >= 15 is 0 Å². The molecular weight excluding hydrogens is 328 g/mol. The summed E-state index contributed by atoms with van der Waals surface area (Å²) in [6.45, 7) is 8.14. The number of aromatic nitrogens is 4. The van der Waals surface area contributed by atoms with Gasteiger partial charge in [0.15, 0.2) is 0 Å². The van der Waals surface area contributed by atoms with Crippen LogP contribution in [0.4, 0.5) is 0 Å². The molecule has 0 unspecified atom stereocenters. The standard InChI is InChI=1S/C20H26N4S/c1-5-24-16(3)18(15(2)22-24)13-23-14-21-20(19(23)11-12-25-4)17-9-7-6-8-10-17/h6-10,14H,5,11-13H2,1-4H3. The lowest BCUT2D eigenvalue weighted by molar-refractivity contribution is 0.632. The van der Waals surface area contributed by atoms with Gasteiger partial charge < -0.3 is 4.57 Å². The molecule has 0 aliphatic heterocycles. The van der Waals surface area contributed by atoms with Crippen LogP contribution in [0, 0.1) is 13.8 Å². The maximum absolute atomic E-state index is 4.75. The van der Waals surface area contributed by atoms with Crippen molar-refractivity contribution in [3.63, 3.8) is 0 Å². The van der Waals surface area contributed by atoms with Crippen molar-refractivity contribution >= 4 is 11.8 Å². The Labute approximate surface area is 154 Å². The Kier molecular flexibility index (Phi) is 5.63. The molecule has 0 aliphatic carbocycles. The number of nitrogens with zero attached hydrogens (tertiary/aromatic N) is 4. The van der Waals surface area contributed by atoms with Crippen molar-refractivity contribution in [3.05, 3.63) is 59.3 Å². The summed E-state index contributed by atoms with van der Waals surface area (Å²) < 4.78 is 4.39.